The van der Waals surface area contributed by atoms with Crippen LogP contribution in [0.3, 0.4) is 0 Å². The van der Waals surface area contributed by atoms with E-state index in [1.54, 1.807) is 18.4 Å². The first-order chi connectivity index (χ1) is 6.24. The largest absolute Gasteiger partial charge is 0.506 e. The van der Waals surface area contributed by atoms with Crippen LogP contribution in [-0.4, -0.2) is 12.2 Å². The van der Waals surface area contributed by atoms with Crippen molar-refractivity contribution >= 4 is 37.4 Å². The standard InChI is InChI=1S/C9H7BrO2S/c1-12-6-4-13-7-3-2-5(10)9(11)8(6)7/h2-4,11H,1H3. The number of halogens is 1. The highest BCUT2D eigenvalue weighted by Gasteiger charge is 2.10. The van der Waals surface area contributed by atoms with Crippen LogP contribution in [0.5, 0.6) is 11.5 Å². The van der Waals surface area contributed by atoms with Crippen molar-refractivity contribution < 1.29 is 9.84 Å². The van der Waals surface area contributed by atoms with Crippen molar-refractivity contribution in [1.82, 2.24) is 0 Å². The molecule has 0 aliphatic rings. The molecule has 13 heavy (non-hydrogen) atoms. The number of fused-ring (bicyclic) bond motifs is 1. The predicted octanol–water partition coefficient (Wildman–Crippen LogP) is 3.38. The Balaban J connectivity index is 2.85. The Morgan fingerprint density at radius 3 is 2.92 bits per heavy atom. The summed E-state index contributed by atoms with van der Waals surface area (Å²) in [7, 11) is 1.60. The zero-order chi connectivity index (χ0) is 9.42. The summed E-state index contributed by atoms with van der Waals surface area (Å²) < 4.78 is 6.85. The summed E-state index contributed by atoms with van der Waals surface area (Å²) >= 11 is 4.82. The molecule has 68 valence electrons. The molecule has 1 aromatic heterocycles. The summed E-state index contributed by atoms with van der Waals surface area (Å²) in [6.07, 6.45) is 0. The van der Waals surface area contributed by atoms with Crippen molar-refractivity contribution in [2.45, 2.75) is 0 Å². The van der Waals surface area contributed by atoms with Crippen molar-refractivity contribution in [2.75, 3.05) is 7.11 Å². The van der Waals surface area contributed by atoms with Gasteiger partial charge in [-0.1, -0.05) is 0 Å². The third-order valence-corrected chi connectivity index (χ3v) is 3.42. The molecule has 0 amide bonds. The number of phenolic OH excluding ortho intramolecular Hbond substituents is 1. The van der Waals surface area contributed by atoms with Crippen molar-refractivity contribution in [1.29, 1.82) is 0 Å². The van der Waals surface area contributed by atoms with Crippen molar-refractivity contribution in [3.8, 4) is 11.5 Å². The fourth-order valence-electron chi connectivity index (χ4n) is 1.21. The molecule has 1 aromatic carbocycles. The second-order valence-electron chi connectivity index (χ2n) is 2.57. The minimum Gasteiger partial charge on any atom is -0.506 e. The topological polar surface area (TPSA) is 29.5 Å². The molecule has 2 nitrogen and oxygen atoms in total. The van der Waals surface area contributed by atoms with Crippen LogP contribution in [0.2, 0.25) is 0 Å². The lowest BCUT2D eigenvalue weighted by Gasteiger charge is -2.01. The highest BCUT2D eigenvalue weighted by Crippen LogP contribution is 2.41. The Kier molecular flexibility index (Phi) is 2.17. The molecule has 2 rings (SSSR count). The number of hydrogen-bond donors (Lipinski definition) is 1. The van der Waals surface area contributed by atoms with Gasteiger partial charge in [-0.2, -0.15) is 0 Å². The van der Waals surface area contributed by atoms with Crippen molar-refractivity contribution in [2.24, 2.45) is 0 Å². The first-order valence-corrected chi connectivity index (χ1v) is 5.34. The number of aromatic hydroxyl groups is 1. The fourth-order valence-corrected chi connectivity index (χ4v) is 2.45. The lowest BCUT2D eigenvalue weighted by molar-refractivity contribution is 0.417. The van der Waals surface area contributed by atoms with Gasteiger partial charge in [-0.05, 0) is 28.1 Å². The maximum atomic E-state index is 9.74. The molecule has 4 heteroatoms. The normalized spacial score (nSPS) is 10.6. The first-order valence-electron chi connectivity index (χ1n) is 3.66. The van der Waals surface area contributed by atoms with E-state index in [0.29, 0.717) is 4.47 Å². The van der Waals surface area contributed by atoms with Crippen LogP contribution in [0.15, 0.2) is 22.0 Å². The Hall–Kier alpha value is -0.740. The molecule has 0 radical (unpaired) electrons. The van der Waals surface area contributed by atoms with E-state index < -0.39 is 0 Å². The number of methoxy groups -OCH3 is 1. The highest BCUT2D eigenvalue weighted by atomic mass is 79.9. The molecule has 2 aromatic rings. The van der Waals surface area contributed by atoms with Gasteiger partial charge in [0.25, 0.3) is 0 Å². The van der Waals surface area contributed by atoms with Crippen molar-refractivity contribution in [3.05, 3.63) is 22.0 Å². The molecular weight excluding hydrogens is 252 g/mol. The van der Waals surface area contributed by atoms with E-state index in [9.17, 15) is 5.11 Å². The lowest BCUT2D eigenvalue weighted by Crippen LogP contribution is -1.80. The van der Waals surface area contributed by atoms with E-state index in [1.165, 1.54) is 0 Å². The Labute approximate surface area is 87.9 Å². The van der Waals surface area contributed by atoms with Crippen LogP contribution >= 0.6 is 27.3 Å². The lowest BCUT2D eigenvalue weighted by atomic mass is 10.2. The van der Waals surface area contributed by atoms with Gasteiger partial charge >= 0.3 is 0 Å². The third kappa shape index (κ3) is 1.30. The maximum Gasteiger partial charge on any atom is 0.142 e. The molecule has 0 unspecified atom stereocenters. The van der Waals surface area contributed by atoms with Gasteiger partial charge in [-0.15, -0.1) is 11.3 Å². The Morgan fingerprint density at radius 2 is 2.23 bits per heavy atom. The van der Waals surface area contributed by atoms with Gasteiger partial charge < -0.3 is 9.84 Å². The van der Waals surface area contributed by atoms with Crippen molar-refractivity contribution in [3.63, 3.8) is 0 Å². The minimum atomic E-state index is 0.246. The molecule has 1 N–H and O–H groups in total. The number of benzene rings is 1. The fraction of sp³-hybridized carbons (Fsp3) is 0.111. The second-order valence-corrected chi connectivity index (χ2v) is 4.34. The van der Waals surface area contributed by atoms with E-state index in [-0.39, 0.29) is 5.75 Å². The highest BCUT2D eigenvalue weighted by molar-refractivity contribution is 9.10. The summed E-state index contributed by atoms with van der Waals surface area (Å²) in [6, 6.07) is 3.78. The zero-order valence-electron chi connectivity index (χ0n) is 6.87. The molecule has 0 atom stereocenters. The van der Waals surface area contributed by atoms with Crippen LogP contribution in [0.25, 0.3) is 10.1 Å². The molecular formula is C9H7BrO2S. The van der Waals surface area contributed by atoms with Gasteiger partial charge in [0, 0.05) is 10.1 Å². The molecule has 0 saturated carbocycles. The van der Waals surface area contributed by atoms with Gasteiger partial charge in [-0.25, -0.2) is 0 Å². The van der Waals surface area contributed by atoms with Crippen LogP contribution < -0.4 is 4.74 Å². The van der Waals surface area contributed by atoms with E-state index in [2.05, 4.69) is 15.9 Å². The number of thiophene rings is 1. The van der Waals surface area contributed by atoms with Gasteiger partial charge in [0.2, 0.25) is 0 Å². The molecule has 0 aliphatic carbocycles. The minimum absolute atomic E-state index is 0.246. The average Bonchev–Trinajstić information content (AvgIpc) is 2.55. The van der Waals surface area contributed by atoms with Gasteiger partial charge in [0.05, 0.1) is 17.0 Å². The van der Waals surface area contributed by atoms with Crippen LogP contribution in [0, 0.1) is 0 Å². The summed E-state index contributed by atoms with van der Waals surface area (Å²) in [4.78, 5) is 0. The SMILES string of the molecule is COc1csc2ccc(Br)c(O)c12. The number of phenols is 1. The summed E-state index contributed by atoms with van der Waals surface area (Å²) in [5.41, 5.74) is 0. The van der Waals surface area contributed by atoms with E-state index >= 15 is 0 Å². The van der Waals surface area contributed by atoms with E-state index in [0.717, 1.165) is 15.8 Å². The number of ether oxygens (including phenoxy) is 1. The average molecular weight is 259 g/mol. The summed E-state index contributed by atoms with van der Waals surface area (Å²) in [6.45, 7) is 0. The third-order valence-electron chi connectivity index (χ3n) is 1.85. The zero-order valence-corrected chi connectivity index (χ0v) is 9.28. The molecule has 0 spiro atoms. The molecule has 1 heterocycles. The smallest absolute Gasteiger partial charge is 0.142 e. The molecule has 0 bridgehead atoms. The molecule has 0 aliphatic heterocycles. The predicted molar refractivity (Wildman–Crippen MR) is 57.7 cm³/mol. The molecule has 0 saturated heterocycles. The van der Waals surface area contributed by atoms with E-state index in [1.807, 2.05) is 17.5 Å². The number of rotatable bonds is 1. The first kappa shape index (κ1) is 8.84. The van der Waals surface area contributed by atoms with Crippen LogP contribution in [0.4, 0.5) is 0 Å². The van der Waals surface area contributed by atoms with Crippen LogP contribution in [-0.2, 0) is 0 Å². The second kappa shape index (κ2) is 3.20. The summed E-state index contributed by atoms with van der Waals surface area (Å²) in [5.74, 6) is 0.967. The summed E-state index contributed by atoms with van der Waals surface area (Å²) in [5, 5.41) is 12.4. The Morgan fingerprint density at radius 1 is 1.46 bits per heavy atom. The Bertz CT molecular complexity index is 450. The van der Waals surface area contributed by atoms with E-state index in [4.69, 9.17) is 4.74 Å². The maximum absolute atomic E-state index is 9.74. The van der Waals surface area contributed by atoms with Gasteiger partial charge in [0.15, 0.2) is 0 Å². The van der Waals surface area contributed by atoms with Crippen LogP contribution in [0.1, 0.15) is 0 Å². The monoisotopic (exact) mass is 258 g/mol. The van der Waals surface area contributed by atoms with Gasteiger partial charge in [-0.3, -0.25) is 0 Å². The van der Waals surface area contributed by atoms with Gasteiger partial charge in [0.1, 0.15) is 11.5 Å². The number of hydrogen-bond acceptors (Lipinski definition) is 3. The molecule has 0 fully saturated rings. The quantitative estimate of drug-likeness (QED) is 0.850.